The number of nitrogens with one attached hydrogen (secondary N) is 1. The molecule has 1 aromatic carbocycles. The van der Waals surface area contributed by atoms with Gasteiger partial charge in [-0.3, -0.25) is 4.79 Å². The van der Waals surface area contributed by atoms with E-state index in [0.717, 1.165) is 45.3 Å². The molecule has 0 fully saturated rings. The summed E-state index contributed by atoms with van der Waals surface area (Å²) in [7, 11) is 0. The molecule has 0 atom stereocenters. The Hall–Kier alpha value is -2.22. The maximum Gasteiger partial charge on any atom is 0.267 e. The van der Waals surface area contributed by atoms with Crippen LogP contribution in [0.3, 0.4) is 0 Å². The second-order valence-corrected chi connectivity index (χ2v) is 9.95. The molecule has 5 rings (SSSR count). The average Bonchev–Trinajstić information content (AvgIpc) is 3.35. The van der Waals surface area contributed by atoms with E-state index in [4.69, 9.17) is 10.7 Å². The van der Waals surface area contributed by atoms with Gasteiger partial charge in [0.15, 0.2) is 0 Å². The smallest absolute Gasteiger partial charge is 0.267 e. The third kappa shape index (κ3) is 3.37. The molecule has 7 heteroatoms. The van der Waals surface area contributed by atoms with Gasteiger partial charge in [0.1, 0.15) is 9.71 Å². The second-order valence-electron chi connectivity index (χ2n) is 7.09. The SMILES string of the molecule is Nc1c(C(=O)Nc2cccc(Br)c2)sc2nc3c(c(-c4cccs4)c12)CCCC3. The van der Waals surface area contributed by atoms with Crippen LogP contribution in [-0.2, 0) is 12.8 Å². The van der Waals surface area contributed by atoms with Gasteiger partial charge in [-0.1, -0.05) is 28.1 Å². The average molecular weight is 484 g/mol. The van der Waals surface area contributed by atoms with Gasteiger partial charge in [-0.05, 0) is 60.9 Å². The van der Waals surface area contributed by atoms with Crippen molar-refractivity contribution in [3.05, 3.63) is 62.4 Å². The Kier molecular flexibility index (Phi) is 4.89. The van der Waals surface area contributed by atoms with Crippen LogP contribution in [0, 0.1) is 0 Å². The fourth-order valence-corrected chi connectivity index (χ4v) is 6.15. The van der Waals surface area contributed by atoms with Crippen molar-refractivity contribution in [1.82, 2.24) is 4.98 Å². The van der Waals surface area contributed by atoms with Crippen LogP contribution in [0.4, 0.5) is 11.4 Å². The van der Waals surface area contributed by atoms with Crippen molar-refractivity contribution in [2.45, 2.75) is 25.7 Å². The van der Waals surface area contributed by atoms with Crippen molar-refractivity contribution in [2.75, 3.05) is 11.1 Å². The maximum atomic E-state index is 13.0. The molecule has 0 unspecified atom stereocenters. The van der Waals surface area contributed by atoms with E-state index in [-0.39, 0.29) is 5.91 Å². The third-order valence-corrected chi connectivity index (χ3v) is 7.69. The number of hydrogen-bond donors (Lipinski definition) is 2. The Morgan fingerprint density at radius 3 is 2.83 bits per heavy atom. The zero-order valence-corrected chi connectivity index (χ0v) is 18.7. The summed E-state index contributed by atoms with van der Waals surface area (Å²) in [5.74, 6) is -0.196. The van der Waals surface area contributed by atoms with Crippen LogP contribution < -0.4 is 11.1 Å². The van der Waals surface area contributed by atoms with Crippen LogP contribution in [0.25, 0.3) is 20.7 Å². The Morgan fingerprint density at radius 2 is 2.03 bits per heavy atom. The van der Waals surface area contributed by atoms with Crippen molar-refractivity contribution < 1.29 is 4.79 Å². The summed E-state index contributed by atoms with van der Waals surface area (Å²) in [5.41, 5.74) is 11.5. The monoisotopic (exact) mass is 483 g/mol. The van der Waals surface area contributed by atoms with Crippen LogP contribution in [0.15, 0.2) is 46.3 Å². The molecule has 0 spiro atoms. The summed E-state index contributed by atoms with van der Waals surface area (Å²) in [6, 6.07) is 11.7. The maximum absolute atomic E-state index is 13.0. The lowest BCUT2D eigenvalue weighted by Crippen LogP contribution is -2.12. The van der Waals surface area contributed by atoms with Crippen molar-refractivity contribution >= 4 is 66.1 Å². The molecule has 4 nitrogen and oxygen atoms in total. The summed E-state index contributed by atoms with van der Waals surface area (Å²) in [4.78, 5) is 20.5. The number of nitrogens with zero attached hydrogens (tertiary/aromatic N) is 1. The Morgan fingerprint density at radius 1 is 1.17 bits per heavy atom. The molecule has 0 aliphatic heterocycles. The number of carbonyl (C=O) groups excluding carboxylic acids is 1. The molecular weight excluding hydrogens is 466 g/mol. The van der Waals surface area contributed by atoms with E-state index in [0.29, 0.717) is 10.6 Å². The van der Waals surface area contributed by atoms with E-state index in [1.807, 2.05) is 24.3 Å². The highest BCUT2D eigenvalue weighted by Crippen LogP contribution is 2.45. The number of carbonyl (C=O) groups is 1. The van der Waals surface area contributed by atoms with Crippen LogP contribution in [0.1, 0.15) is 33.8 Å². The van der Waals surface area contributed by atoms with Crippen molar-refractivity contribution in [3.8, 4) is 10.4 Å². The molecule has 4 aromatic rings. The number of nitrogen functional groups attached to an aromatic ring is 1. The topological polar surface area (TPSA) is 68.0 Å². The third-order valence-electron chi connectivity index (χ3n) is 5.21. The van der Waals surface area contributed by atoms with Crippen molar-refractivity contribution in [3.63, 3.8) is 0 Å². The van der Waals surface area contributed by atoms with E-state index in [1.165, 1.54) is 33.8 Å². The lowest BCUT2D eigenvalue weighted by molar-refractivity contribution is 0.103. The van der Waals surface area contributed by atoms with E-state index in [9.17, 15) is 4.79 Å². The number of thiophene rings is 2. The number of aryl methyl sites for hydroxylation is 1. The first-order chi connectivity index (χ1) is 14.1. The number of hydrogen-bond acceptors (Lipinski definition) is 5. The van der Waals surface area contributed by atoms with Gasteiger partial charge in [-0.2, -0.15) is 0 Å². The van der Waals surface area contributed by atoms with Gasteiger partial charge in [0.05, 0.1) is 5.69 Å². The molecule has 0 bridgehead atoms. The Bertz CT molecular complexity index is 1230. The standard InChI is InChI=1S/C22H18BrN3OS2/c23-12-5-3-6-13(11-12)25-21(27)20-19(24)18-17(16-9-4-10-28-16)14-7-1-2-8-15(14)26-22(18)29-20/h3-6,9-11H,1-2,7-8,24H2,(H,25,27). The molecule has 146 valence electrons. The molecule has 1 aliphatic carbocycles. The van der Waals surface area contributed by atoms with Crippen molar-refractivity contribution in [1.29, 1.82) is 0 Å². The first-order valence-electron chi connectivity index (χ1n) is 9.46. The number of benzene rings is 1. The van der Waals surface area contributed by atoms with E-state index in [1.54, 1.807) is 11.3 Å². The van der Waals surface area contributed by atoms with E-state index < -0.39 is 0 Å². The number of rotatable bonds is 3. The minimum atomic E-state index is -0.196. The minimum absolute atomic E-state index is 0.196. The molecule has 3 N–H and O–H groups in total. The molecule has 1 amide bonds. The first-order valence-corrected chi connectivity index (χ1v) is 12.0. The minimum Gasteiger partial charge on any atom is -0.397 e. The molecule has 0 saturated heterocycles. The summed E-state index contributed by atoms with van der Waals surface area (Å²) >= 11 is 6.53. The molecule has 1 aliphatic rings. The highest BCUT2D eigenvalue weighted by atomic mass is 79.9. The number of fused-ring (bicyclic) bond motifs is 2. The predicted octanol–water partition coefficient (Wildman–Crippen LogP) is 6.50. The van der Waals surface area contributed by atoms with Gasteiger partial charge < -0.3 is 11.1 Å². The zero-order chi connectivity index (χ0) is 20.0. The molecule has 3 heterocycles. The lowest BCUT2D eigenvalue weighted by Gasteiger charge is -2.19. The summed E-state index contributed by atoms with van der Waals surface area (Å²) in [5, 5.41) is 5.97. The van der Waals surface area contributed by atoms with Gasteiger partial charge in [-0.25, -0.2) is 4.98 Å². The van der Waals surface area contributed by atoms with Gasteiger partial charge in [0.25, 0.3) is 5.91 Å². The fraction of sp³-hybridized carbons (Fsp3) is 0.182. The number of pyridine rings is 1. The normalized spacial score (nSPS) is 13.4. The molecule has 0 saturated carbocycles. The highest BCUT2D eigenvalue weighted by molar-refractivity contribution is 9.10. The number of nitrogens with two attached hydrogens (primary N) is 1. The van der Waals surface area contributed by atoms with Gasteiger partial charge in [-0.15, -0.1) is 22.7 Å². The van der Waals surface area contributed by atoms with Crippen molar-refractivity contribution in [2.24, 2.45) is 0 Å². The first kappa shape index (κ1) is 18.8. The van der Waals surface area contributed by atoms with E-state index >= 15 is 0 Å². The summed E-state index contributed by atoms with van der Waals surface area (Å²) < 4.78 is 0.911. The summed E-state index contributed by atoms with van der Waals surface area (Å²) in [6.07, 6.45) is 4.33. The fourth-order valence-electron chi connectivity index (χ4n) is 3.92. The Balaban J connectivity index is 1.66. The van der Waals surface area contributed by atoms with Crippen LogP contribution >= 0.6 is 38.6 Å². The van der Waals surface area contributed by atoms with Crippen LogP contribution in [0.2, 0.25) is 0 Å². The lowest BCUT2D eigenvalue weighted by atomic mass is 9.90. The highest BCUT2D eigenvalue weighted by Gasteiger charge is 2.26. The van der Waals surface area contributed by atoms with Gasteiger partial charge >= 0.3 is 0 Å². The number of anilines is 2. The van der Waals surface area contributed by atoms with Gasteiger partial charge in [0.2, 0.25) is 0 Å². The number of aromatic nitrogens is 1. The predicted molar refractivity (Wildman–Crippen MR) is 126 cm³/mol. The molecule has 29 heavy (non-hydrogen) atoms. The van der Waals surface area contributed by atoms with Crippen LogP contribution in [0.5, 0.6) is 0 Å². The van der Waals surface area contributed by atoms with Crippen LogP contribution in [-0.4, -0.2) is 10.9 Å². The molecular formula is C22H18BrN3OS2. The zero-order valence-electron chi connectivity index (χ0n) is 15.5. The molecule has 0 radical (unpaired) electrons. The Labute approximate surface area is 184 Å². The quantitative estimate of drug-likeness (QED) is 0.349. The number of amides is 1. The second kappa shape index (κ2) is 7.55. The molecule has 3 aromatic heterocycles. The van der Waals surface area contributed by atoms with E-state index in [2.05, 4.69) is 38.8 Å². The summed E-state index contributed by atoms with van der Waals surface area (Å²) in [6.45, 7) is 0. The largest absolute Gasteiger partial charge is 0.397 e. The van der Waals surface area contributed by atoms with Gasteiger partial charge in [0, 0.05) is 31.7 Å². The number of halogens is 1.